The van der Waals surface area contributed by atoms with Crippen LogP contribution in [0.25, 0.3) is 21.8 Å². The summed E-state index contributed by atoms with van der Waals surface area (Å²) in [5.74, 6) is 0. The lowest BCUT2D eigenvalue weighted by Crippen LogP contribution is -2.30. The highest BCUT2D eigenvalue weighted by atomic mass is 32.2. The van der Waals surface area contributed by atoms with Crippen molar-refractivity contribution in [1.82, 2.24) is 0 Å². The van der Waals surface area contributed by atoms with E-state index in [1.54, 1.807) is 0 Å². The van der Waals surface area contributed by atoms with Gasteiger partial charge in [0.25, 0.3) is 5.17 Å². The summed E-state index contributed by atoms with van der Waals surface area (Å²) in [6.45, 7) is 2.79. The largest absolute Gasteiger partial charge is 0.741 e. The van der Waals surface area contributed by atoms with Gasteiger partial charge in [-0.05, 0) is 30.8 Å². The average molecular weight is 475 g/mol. The van der Waals surface area contributed by atoms with Gasteiger partial charge in [0.1, 0.15) is 7.05 Å². The molecule has 0 aliphatic carbocycles. The Hall–Kier alpha value is -2.50. The van der Waals surface area contributed by atoms with Crippen molar-refractivity contribution in [3.05, 3.63) is 48.5 Å². The summed E-state index contributed by atoms with van der Waals surface area (Å²) in [6.07, 6.45) is 2.10. The molecule has 1 N–H and O–H groups in total. The lowest BCUT2D eigenvalue weighted by atomic mass is 10.1. The molecule has 3 aromatic rings. The Morgan fingerprint density at radius 2 is 1.55 bits per heavy atom. The van der Waals surface area contributed by atoms with Crippen LogP contribution in [0.1, 0.15) is 19.8 Å². The zero-order valence-corrected chi connectivity index (χ0v) is 18.4. The molecule has 0 aliphatic heterocycles. The fourth-order valence-electron chi connectivity index (χ4n) is 2.81. The van der Waals surface area contributed by atoms with Gasteiger partial charge in [-0.25, -0.2) is 8.42 Å². The van der Waals surface area contributed by atoms with Gasteiger partial charge < -0.3 is 14.6 Å². The number of rotatable bonds is 4. The molecule has 0 bridgehead atoms. The predicted octanol–water partition coefficient (Wildman–Crippen LogP) is 4.38. The number of halogens is 3. The van der Waals surface area contributed by atoms with Crippen LogP contribution in [0.5, 0.6) is 0 Å². The Morgan fingerprint density at radius 3 is 1.97 bits per heavy atom. The summed E-state index contributed by atoms with van der Waals surface area (Å²) in [7, 11) is -4.00. The van der Waals surface area contributed by atoms with Crippen LogP contribution in [0.15, 0.2) is 48.5 Å². The number of alkyl halides is 3. The molecule has 0 amide bonds. The second-order valence-electron chi connectivity index (χ2n) is 6.48. The fraction of sp³-hybridized carbons (Fsp3) is 0.300. The van der Waals surface area contributed by atoms with Crippen molar-refractivity contribution in [2.45, 2.75) is 25.3 Å². The number of aryl methyl sites for hydroxylation is 1. The van der Waals surface area contributed by atoms with Crippen LogP contribution in [-0.4, -0.2) is 30.3 Å². The molecule has 11 heteroatoms. The van der Waals surface area contributed by atoms with Crippen LogP contribution in [0.3, 0.4) is 0 Å². The standard InChI is InChI=1S/C19H20N2OS.CHF3O3S/c1-3-4-13-22-19(23)20-18-14-9-5-7-11-16(14)21(2)17-12-8-6-10-15(17)18;2-1(3,4)8(5,6)7/h5-12H,3-4,13H2,1-2H3;(H,5,6,7). The van der Waals surface area contributed by atoms with Gasteiger partial charge in [-0.2, -0.15) is 17.7 Å². The molecular formula is C20H21F3N2O4S2. The number of benzene rings is 2. The van der Waals surface area contributed by atoms with E-state index in [1.165, 1.54) is 0 Å². The smallest absolute Gasteiger partial charge is 0.485 e. The summed E-state index contributed by atoms with van der Waals surface area (Å²) in [6, 6.07) is 16.7. The zero-order chi connectivity index (χ0) is 23.2. The lowest BCUT2D eigenvalue weighted by Gasteiger charge is -2.13. The molecule has 0 atom stereocenters. The molecule has 0 radical (unpaired) electrons. The number of hydrogen-bond acceptors (Lipinski definition) is 5. The van der Waals surface area contributed by atoms with Crippen LogP contribution >= 0.6 is 12.2 Å². The molecule has 1 heterocycles. The number of para-hydroxylation sites is 2. The van der Waals surface area contributed by atoms with E-state index in [4.69, 9.17) is 29.9 Å². The highest BCUT2D eigenvalue weighted by Gasteiger charge is 2.36. The highest BCUT2D eigenvalue weighted by molar-refractivity contribution is 7.86. The molecule has 0 spiro atoms. The van der Waals surface area contributed by atoms with E-state index in [-0.39, 0.29) is 0 Å². The van der Waals surface area contributed by atoms with Gasteiger partial charge in [-0.3, -0.25) is 0 Å². The maximum absolute atomic E-state index is 10.7. The van der Waals surface area contributed by atoms with E-state index in [2.05, 4.69) is 60.3 Å². The molecule has 0 fully saturated rings. The fourth-order valence-corrected chi connectivity index (χ4v) is 3.00. The van der Waals surface area contributed by atoms with Crippen LogP contribution in [0.4, 0.5) is 18.9 Å². The number of hydrogen-bond donors (Lipinski definition) is 1. The maximum atomic E-state index is 10.7. The number of thiocarbonyl (C=S) groups is 1. The summed E-state index contributed by atoms with van der Waals surface area (Å²) in [5, 5.41) is 6.01. The Morgan fingerprint density at radius 1 is 1.10 bits per heavy atom. The van der Waals surface area contributed by atoms with E-state index in [0.29, 0.717) is 11.8 Å². The molecule has 6 nitrogen and oxygen atoms in total. The number of aromatic nitrogens is 1. The van der Waals surface area contributed by atoms with Crippen molar-refractivity contribution in [2.75, 3.05) is 11.9 Å². The number of ether oxygens (including phenoxy) is 1. The van der Waals surface area contributed by atoms with Crippen molar-refractivity contribution in [2.24, 2.45) is 7.05 Å². The summed E-state index contributed by atoms with van der Waals surface area (Å²) < 4.78 is 66.7. The lowest BCUT2D eigenvalue weighted by molar-refractivity contribution is -0.617. The first kappa shape index (κ1) is 24.8. The van der Waals surface area contributed by atoms with Crippen molar-refractivity contribution >= 4 is 55.0 Å². The zero-order valence-electron chi connectivity index (χ0n) is 16.8. The van der Waals surface area contributed by atoms with Crippen molar-refractivity contribution in [3.63, 3.8) is 0 Å². The molecule has 168 valence electrons. The van der Waals surface area contributed by atoms with Crippen LogP contribution < -0.4 is 9.88 Å². The number of anilines is 1. The second-order valence-corrected chi connectivity index (χ2v) is 8.22. The Bertz CT molecular complexity index is 1130. The number of fused-ring (bicyclic) bond motifs is 2. The number of nitrogens with one attached hydrogen (secondary N) is 1. The Labute approximate surface area is 183 Å². The Balaban J connectivity index is 0.000000366. The molecule has 0 saturated carbocycles. The topological polar surface area (TPSA) is 82.3 Å². The van der Waals surface area contributed by atoms with E-state index >= 15 is 0 Å². The molecule has 2 aromatic carbocycles. The normalized spacial score (nSPS) is 11.7. The molecule has 31 heavy (non-hydrogen) atoms. The van der Waals surface area contributed by atoms with E-state index < -0.39 is 15.6 Å². The van der Waals surface area contributed by atoms with E-state index in [9.17, 15) is 13.2 Å². The van der Waals surface area contributed by atoms with Crippen molar-refractivity contribution < 1.29 is 35.4 Å². The van der Waals surface area contributed by atoms with Crippen molar-refractivity contribution in [3.8, 4) is 0 Å². The highest BCUT2D eigenvalue weighted by Crippen LogP contribution is 2.29. The van der Waals surface area contributed by atoms with Gasteiger partial charge in [0.2, 0.25) is 11.0 Å². The number of nitrogens with zero attached hydrogens (tertiary/aromatic N) is 1. The molecular weight excluding hydrogens is 453 g/mol. The Kier molecular flexibility index (Phi) is 8.15. The van der Waals surface area contributed by atoms with E-state index in [0.717, 1.165) is 40.3 Å². The molecule has 0 saturated heterocycles. The third-order valence-electron chi connectivity index (χ3n) is 4.31. The number of pyridine rings is 1. The van der Waals surface area contributed by atoms with Crippen LogP contribution in [-0.2, 0) is 21.9 Å². The minimum absolute atomic E-state index is 0.433. The van der Waals surface area contributed by atoms with Crippen molar-refractivity contribution in [1.29, 1.82) is 0 Å². The average Bonchev–Trinajstić information content (AvgIpc) is 2.70. The first-order valence-electron chi connectivity index (χ1n) is 9.22. The van der Waals surface area contributed by atoms with E-state index in [1.807, 2.05) is 12.1 Å². The third-order valence-corrected chi connectivity index (χ3v) is 5.10. The summed E-state index contributed by atoms with van der Waals surface area (Å²) in [4.78, 5) is 0. The SMILES string of the molecule is CCCCOC(=S)Nc1c2ccccc2[n+](C)c2ccccc12.O=S(=O)([O-])C(F)(F)F. The molecule has 0 aliphatic rings. The molecule has 1 aromatic heterocycles. The molecule has 0 unspecified atom stereocenters. The minimum atomic E-state index is -6.09. The third kappa shape index (κ3) is 6.25. The van der Waals surface area contributed by atoms with Crippen LogP contribution in [0.2, 0.25) is 0 Å². The first-order chi connectivity index (χ1) is 14.5. The van der Waals surface area contributed by atoms with Gasteiger partial charge in [0, 0.05) is 12.1 Å². The second kappa shape index (κ2) is 10.2. The maximum Gasteiger partial charge on any atom is 0.485 e. The minimum Gasteiger partial charge on any atom is -0.741 e. The van der Waals surface area contributed by atoms with Gasteiger partial charge >= 0.3 is 5.51 Å². The number of unbranched alkanes of at least 4 members (excludes halogenated alkanes) is 1. The monoisotopic (exact) mass is 474 g/mol. The van der Waals surface area contributed by atoms with Crippen LogP contribution in [0, 0.1) is 0 Å². The van der Waals surface area contributed by atoms with Gasteiger partial charge in [0.05, 0.1) is 23.1 Å². The quantitative estimate of drug-likeness (QED) is 0.151. The summed E-state index contributed by atoms with van der Waals surface area (Å²) >= 11 is 5.37. The molecule has 3 rings (SSSR count). The predicted molar refractivity (Wildman–Crippen MR) is 115 cm³/mol. The summed E-state index contributed by atoms with van der Waals surface area (Å²) in [5.41, 5.74) is -2.32. The van der Waals surface area contributed by atoms with Gasteiger partial charge in [-0.15, -0.1) is 0 Å². The first-order valence-corrected chi connectivity index (χ1v) is 11.0. The van der Waals surface area contributed by atoms with Gasteiger partial charge in [-0.1, -0.05) is 37.6 Å². The van der Waals surface area contributed by atoms with Gasteiger partial charge in [0.15, 0.2) is 10.1 Å².